The molecule has 0 fully saturated rings. The molecule has 0 saturated carbocycles. The molecule has 1 aromatic heterocycles. The van der Waals surface area contributed by atoms with Crippen molar-refractivity contribution in [2.24, 2.45) is 0 Å². The van der Waals surface area contributed by atoms with Crippen molar-refractivity contribution in [3.63, 3.8) is 0 Å². The summed E-state index contributed by atoms with van der Waals surface area (Å²) >= 11 is 0. The highest BCUT2D eigenvalue weighted by Crippen LogP contribution is 2.29. The number of fused-ring (bicyclic) bond motifs is 1. The molecule has 0 amide bonds. The smallest absolute Gasteiger partial charge is 0.227 e. The average Bonchev–Trinajstić information content (AvgIpc) is 2.88. The minimum atomic E-state index is 0.521. The van der Waals surface area contributed by atoms with Gasteiger partial charge in [-0.25, -0.2) is 4.98 Å². The third-order valence-corrected chi connectivity index (χ3v) is 3.41. The molecular formula is C18H14N2O. The van der Waals surface area contributed by atoms with Gasteiger partial charge >= 0.3 is 0 Å². The molecule has 0 aliphatic heterocycles. The van der Waals surface area contributed by atoms with E-state index in [1.165, 1.54) is 0 Å². The standard InChI is InChI=1S/C18H14N2O/c1-11(2)17-12(3)20-18(21-17)14-8-13-6-4-5-7-16(13)15(9-14)10-19/h4-9H,1H2,2-3H3. The van der Waals surface area contributed by atoms with Crippen LogP contribution in [0.25, 0.3) is 27.8 Å². The van der Waals surface area contributed by atoms with Gasteiger partial charge in [-0.1, -0.05) is 30.8 Å². The monoisotopic (exact) mass is 274 g/mol. The maximum Gasteiger partial charge on any atom is 0.227 e. The maximum absolute atomic E-state index is 9.34. The molecule has 0 aliphatic carbocycles. The highest BCUT2D eigenvalue weighted by Gasteiger charge is 2.13. The van der Waals surface area contributed by atoms with Gasteiger partial charge in [-0.05, 0) is 42.3 Å². The van der Waals surface area contributed by atoms with Gasteiger partial charge in [0.2, 0.25) is 5.89 Å². The summed E-state index contributed by atoms with van der Waals surface area (Å²) in [6.45, 7) is 7.67. The first-order valence-corrected chi connectivity index (χ1v) is 6.66. The van der Waals surface area contributed by atoms with Crippen molar-refractivity contribution in [1.82, 2.24) is 4.98 Å². The quantitative estimate of drug-likeness (QED) is 0.680. The molecular weight excluding hydrogens is 260 g/mol. The van der Waals surface area contributed by atoms with E-state index < -0.39 is 0 Å². The fourth-order valence-electron chi connectivity index (χ4n) is 2.44. The second-order valence-corrected chi connectivity index (χ2v) is 5.07. The Kier molecular flexibility index (Phi) is 3.08. The van der Waals surface area contributed by atoms with Crippen LogP contribution in [-0.2, 0) is 0 Å². The van der Waals surface area contributed by atoms with Crippen LogP contribution in [0.1, 0.15) is 23.9 Å². The van der Waals surface area contributed by atoms with Crippen LogP contribution in [0, 0.1) is 18.3 Å². The van der Waals surface area contributed by atoms with Crippen LogP contribution in [0.2, 0.25) is 0 Å². The predicted octanol–water partition coefficient (Wildman–Crippen LogP) is 4.71. The second-order valence-electron chi connectivity index (χ2n) is 5.07. The van der Waals surface area contributed by atoms with E-state index in [1.807, 2.05) is 50.2 Å². The lowest BCUT2D eigenvalue weighted by molar-refractivity contribution is 0.559. The molecule has 0 unspecified atom stereocenters. The Morgan fingerprint density at radius 2 is 2.05 bits per heavy atom. The highest BCUT2D eigenvalue weighted by molar-refractivity contribution is 5.91. The Balaban J connectivity index is 2.24. The lowest BCUT2D eigenvalue weighted by atomic mass is 10.0. The molecule has 102 valence electrons. The third kappa shape index (κ3) is 2.21. The van der Waals surface area contributed by atoms with Crippen molar-refractivity contribution in [2.45, 2.75) is 13.8 Å². The summed E-state index contributed by atoms with van der Waals surface area (Å²) in [5.41, 5.74) is 3.08. The van der Waals surface area contributed by atoms with Crippen molar-refractivity contribution in [3.8, 4) is 17.5 Å². The van der Waals surface area contributed by atoms with Crippen LogP contribution in [0.15, 0.2) is 47.4 Å². The zero-order chi connectivity index (χ0) is 15.0. The van der Waals surface area contributed by atoms with Crippen molar-refractivity contribution >= 4 is 16.3 Å². The van der Waals surface area contributed by atoms with Crippen LogP contribution in [-0.4, -0.2) is 4.98 Å². The molecule has 3 heteroatoms. The number of hydrogen-bond acceptors (Lipinski definition) is 3. The summed E-state index contributed by atoms with van der Waals surface area (Å²) in [7, 11) is 0. The Bertz CT molecular complexity index is 897. The minimum Gasteiger partial charge on any atom is -0.436 e. The lowest BCUT2D eigenvalue weighted by Crippen LogP contribution is -1.84. The predicted molar refractivity (Wildman–Crippen MR) is 83.6 cm³/mol. The van der Waals surface area contributed by atoms with E-state index >= 15 is 0 Å². The first-order valence-electron chi connectivity index (χ1n) is 6.66. The number of rotatable bonds is 2. The normalized spacial score (nSPS) is 10.5. The van der Waals surface area contributed by atoms with Gasteiger partial charge in [0.15, 0.2) is 5.76 Å². The summed E-state index contributed by atoms with van der Waals surface area (Å²) in [5.74, 6) is 1.23. The summed E-state index contributed by atoms with van der Waals surface area (Å²) in [6, 6.07) is 13.8. The SMILES string of the molecule is C=C(C)c1oc(-c2cc(C#N)c3ccccc3c2)nc1C. The highest BCUT2D eigenvalue weighted by atomic mass is 16.4. The van der Waals surface area contributed by atoms with E-state index in [2.05, 4.69) is 17.6 Å². The van der Waals surface area contributed by atoms with Crippen molar-refractivity contribution in [1.29, 1.82) is 5.26 Å². The number of benzene rings is 2. The first-order chi connectivity index (χ1) is 10.1. The number of oxazole rings is 1. The number of nitrogens with zero attached hydrogens (tertiary/aromatic N) is 2. The number of allylic oxidation sites excluding steroid dienone is 1. The molecule has 2 aromatic carbocycles. The van der Waals surface area contributed by atoms with Gasteiger partial charge in [0, 0.05) is 5.56 Å². The number of nitriles is 1. The largest absolute Gasteiger partial charge is 0.436 e. The van der Waals surface area contributed by atoms with Crippen LogP contribution in [0.4, 0.5) is 0 Å². The molecule has 0 aliphatic rings. The van der Waals surface area contributed by atoms with Gasteiger partial charge in [-0.15, -0.1) is 0 Å². The number of hydrogen-bond donors (Lipinski definition) is 0. The van der Waals surface area contributed by atoms with Crippen LogP contribution in [0.3, 0.4) is 0 Å². The molecule has 0 N–H and O–H groups in total. The van der Waals surface area contributed by atoms with E-state index in [0.29, 0.717) is 17.2 Å². The van der Waals surface area contributed by atoms with Gasteiger partial charge in [-0.2, -0.15) is 5.26 Å². The fourth-order valence-corrected chi connectivity index (χ4v) is 2.44. The van der Waals surface area contributed by atoms with Crippen molar-refractivity contribution in [3.05, 3.63) is 60.0 Å². The van der Waals surface area contributed by atoms with E-state index in [0.717, 1.165) is 27.6 Å². The lowest BCUT2D eigenvalue weighted by Gasteiger charge is -2.03. The van der Waals surface area contributed by atoms with Gasteiger partial charge in [0.05, 0.1) is 17.3 Å². The molecule has 0 bridgehead atoms. The van der Waals surface area contributed by atoms with Crippen molar-refractivity contribution < 1.29 is 4.42 Å². The average molecular weight is 274 g/mol. The van der Waals surface area contributed by atoms with Crippen LogP contribution >= 0.6 is 0 Å². The zero-order valence-corrected chi connectivity index (χ0v) is 12.0. The molecule has 3 aromatic rings. The number of aromatic nitrogens is 1. The zero-order valence-electron chi connectivity index (χ0n) is 12.0. The van der Waals surface area contributed by atoms with E-state index in [9.17, 15) is 5.26 Å². The van der Waals surface area contributed by atoms with Gasteiger partial charge in [0.1, 0.15) is 0 Å². The molecule has 0 saturated heterocycles. The van der Waals surface area contributed by atoms with E-state index in [4.69, 9.17) is 4.42 Å². The Labute approximate surface area is 123 Å². The molecule has 1 heterocycles. The van der Waals surface area contributed by atoms with E-state index in [1.54, 1.807) is 0 Å². The van der Waals surface area contributed by atoms with Gasteiger partial charge in [-0.3, -0.25) is 0 Å². The molecule has 0 spiro atoms. The van der Waals surface area contributed by atoms with E-state index in [-0.39, 0.29) is 0 Å². The maximum atomic E-state index is 9.34. The molecule has 3 rings (SSSR count). The fraction of sp³-hybridized carbons (Fsp3) is 0.111. The third-order valence-electron chi connectivity index (χ3n) is 3.41. The summed E-state index contributed by atoms with van der Waals surface area (Å²) in [6.07, 6.45) is 0. The number of aryl methyl sites for hydroxylation is 1. The first kappa shape index (κ1) is 13.1. The summed E-state index contributed by atoms with van der Waals surface area (Å²) in [5, 5.41) is 11.3. The van der Waals surface area contributed by atoms with Gasteiger partial charge in [0.25, 0.3) is 0 Å². The van der Waals surface area contributed by atoms with Gasteiger partial charge < -0.3 is 4.42 Å². The summed E-state index contributed by atoms with van der Waals surface area (Å²) < 4.78 is 5.79. The molecule has 3 nitrogen and oxygen atoms in total. The summed E-state index contributed by atoms with van der Waals surface area (Å²) in [4.78, 5) is 4.45. The van der Waals surface area contributed by atoms with Crippen LogP contribution < -0.4 is 0 Å². The molecule has 0 atom stereocenters. The topological polar surface area (TPSA) is 49.8 Å². The second kappa shape index (κ2) is 4.92. The minimum absolute atomic E-state index is 0.521. The molecule has 0 radical (unpaired) electrons. The Morgan fingerprint density at radius 3 is 2.71 bits per heavy atom. The Morgan fingerprint density at radius 1 is 1.29 bits per heavy atom. The van der Waals surface area contributed by atoms with Crippen LogP contribution in [0.5, 0.6) is 0 Å². The Hall–Kier alpha value is -2.86. The van der Waals surface area contributed by atoms with Crippen molar-refractivity contribution in [2.75, 3.05) is 0 Å². The molecule has 21 heavy (non-hydrogen) atoms.